The molecule has 0 amide bonds. The van der Waals surface area contributed by atoms with Gasteiger partial charge in [0.15, 0.2) is 0 Å². The number of ether oxygens (including phenoxy) is 1. The highest BCUT2D eigenvalue weighted by molar-refractivity contribution is 7.88. The molecule has 0 radical (unpaired) electrons. The van der Waals surface area contributed by atoms with Crippen molar-refractivity contribution < 1.29 is 13.2 Å². The smallest absolute Gasteiger partial charge is 0.208 e. The third-order valence-electron chi connectivity index (χ3n) is 4.39. The van der Waals surface area contributed by atoms with Crippen LogP contribution in [0.25, 0.3) is 17.0 Å². The van der Waals surface area contributed by atoms with Gasteiger partial charge in [-0.2, -0.15) is 0 Å². The van der Waals surface area contributed by atoms with Gasteiger partial charge < -0.3 is 9.64 Å². The van der Waals surface area contributed by atoms with Crippen LogP contribution < -0.4 is 9.62 Å². The molecule has 1 saturated heterocycles. The van der Waals surface area contributed by atoms with E-state index in [4.69, 9.17) is 21.3 Å². The third-order valence-corrected chi connectivity index (χ3v) is 5.30. The lowest BCUT2D eigenvalue weighted by Gasteiger charge is -2.33. The molecular weight excluding hydrogens is 404 g/mol. The summed E-state index contributed by atoms with van der Waals surface area (Å²) in [5.41, 5.74) is 2.23. The fourth-order valence-corrected chi connectivity index (χ4v) is 3.72. The van der Waals surface area contributed by atoms with Gasteiger partial charge in [-0.15, -0.1) is 0 Å². The first-order valence-electron chi connectivity index (χ1n) is 8.65. The van der Waals surface area contributed by atoms with Crippen LogP contribution in [0.1, 0.15) is 0 Å². The molecule has 1 atom stereocenters. The quantitative estimate of drug-likeness (QED) is 0.659. The number of aromatic nitrogens is 4. The molecular formula is C17H19ClN6O3S. The van der Waals surface area contributed by atoms with Gasteiger partial charge in [0.1, 0.15) is 17.2 Å². The lowest BCUT2D eigenvalue weighted by molar-refractivity contribution is 0.0440. The van der Waals surface area contributed by atoms with Crippen LogP contribution in [0.2, 0.25) is 5.02 Å². The van der Waals surface area contributed by atoms with Crippen molar-refractivity contribution >= 4 is 33.1 Å². The normalized spacial score (nSPS) is 17.9. The summed E-state index contributed by atoms with van der Waals surface area (Å²) in [6.07, 6.45) is 7.75. The zero-order valence-electron chi connectivity index (χ0n) is 15.1. The largest absolute Gasteiger partial charge is 0.373 e. The van der Waals surface area contributed by atoms with Gasteiger partial charge in [0, 0.05) is 25.8 Å². The molecule has 11 heteroatoms. The Kier molecular flexibility index (Phi) is 5.19. The Bertz CT molecular complexity index is 1100. The highest BCUT2D eigenvalue weighted by Gasteiger charge is 2.23. The van der Waals surface area contributed by atoms with Gasteiger partial charge in [-0.3, -0.25) is 9.38 Å². The van der Waals surface area contributed by atoms with E-state index in [0.29, 0.717) is 36.2 Å². The van der Waals surface area contributed by atoms with Crippen LogP contribution in [0.4, 0.5) is 5.82 Å². The predicted octanol–water partition coefficient (Wildman–Crippen LogP) is 1.20. The summed E-state index contributed by atoms with van der Waals surface area (Å²) in [5, 5.41) is 0.602. The number of imidazole rings is 1. The Balaban J connectivity index is 1.57. The lowest BCUT2D eigenvalue weighted by Crippen LogP contribution is -2.47. The molecule has 1 aliphatic rings. The number of sulfonamides is 1. The minimum Gasteiger partial charge on any atom is -0.373 e. The van der Waals surface area contributed by atoms with E-state index >= 15 is 0 Å². The summed E-state index contributed by atoms with van der Waals surface area (Å²) in [5.74, 6) is 0.696. The number of anilines is 1. The van der Waals surface area contributed by atoms with E-state index in [-0.39, 0.29) is 12.6 Å². The molecule has 0 bridgehead atoms. The Hall–Kier alpha value is -2.27. The van der Waals surface area contributed by atoms with Crippen LogP contribution in [-0.4, -0.2) is 66.4 Å². The fourth-order valence-electron chi connectivity index (χ4n) is 3.07. The highest BCUT2D eigenvalue weighted by Crippen LogP contribution is 2.23. The molecule has 3 aromatic rings. The van der Waals surface area contributed by atoms with Crippen molar-refractivity contribution in [2.45, 2.75) is 6.10 Å². The number of halogens is 1. The minimum atomic E-state index is -3.26. The van der Waals surface area contributed by atoms with Gasteiger partial charge in [-0.05, 0) is 12.1 Å². The van der Waals surface area contributed by atoms with E-state index in [1.165, 1.54) is 0 Å². The average Bonchev–Trinajstić information content (AvgIpc) is 3.09. The second-order valence-electron chi connectivity index (χ2n) is 6.54. The molecule has 0 spiro atoms. The van der Waals surface area contributed by atoms with Gasteiger partial charge in [0.2, 0.25) is 10.0 Å². The summed E-state index contributed by atoms with van der Waals surface area (Å²) < 4.78 is 32.6. The van der Waals surface area contributed by atoms with E-state index < -0.39 is 10.0 Å². The number of nitrogens with zero attached hydrogens (tertiary/aromatic N) is 5. The molecule has 0 unspecified atom stereocenters. The van der Waals surface area contributed by atoms with E-state index in [2.05, 4.69) is 14.7 Å². The van der Waals surface area contributed by atoms with Crippen LogP contribution >= 0.6 is 11.6 Å². The van der Waals surface area contributed by atoms with Gasteiger partial charge in [0.25, 0.3) is 0 Å². The molecule has 1 aliphatic heterocycles. The molecule has 3 aromatic heterocycles. The standard InChI is InChI=1S/C17H19ClN6O3S/c1-28(25,26)21-6-13-11-23(4-5-27-13)17-9-19-7-14(22-17)15-8-20-16-3-2-12(18)10-24(15)16/h2-3,7-10,13,21H,4-6,11H2,1H3/t13-/m1/s1. The number of hydrogen-bond acceptors (Lipinski definition) is 7. The SMILES string of the molecule is CS(=O)(=O)NC[C@@H]1CN(c2cncc(-c3cnc4ccc(Cl)cn34)n2)CCO1. The highest BCUT2D eigenvalue weighted by atomic mass is 35.5. The maximum Gasteiger partial charge on any atom is 0.208 e. The molecule has 28 heavy (non-hydrogen) atoms. The van der Waals surface area contributed by atoms with Crippen LogP contribution in [0, 0.1) is 0 Å². The number of pyridine rings is 1. The second kappa shape index (κ2) is 7.63. The summed E-state index contributed by atoms with van der Waals surface area (Å²) in [6, 6.07) is 3.62. The summed E-state index contributed by atoms with van der Waals surface area (Å²) in [7, 11) is -3.26. The monoisotopic (exact) mass is 422 g/mol. The minimum absolute atomic E-state index is 0.216. The van der Waals surface area contributed by atoms with Crippen LogP contribution in [0.15, 0.2) is 36.9 Å². The Morgan fingerprint density at radius 1 is 1.32 bits per heavy atom. The number of rotatable bonds is 5. The maximum atomic E-state index is 11.3. The first-order valence-corrected chi connectivity index (χ1v) is 10.9. The Labute approximate surface area is 167 Å². The number of hydrogen-bond donors (Lipinski definition) is 1. The third kappa shape index (κ3) is 4.25. The average molecular weight is 423 g/mol. The first kappa shape index (κ1) is 19.1. The molecule has 9 nitrogen and oxygen atoms in total. The van der Waals surface area contributed by atoms with Crippen LogP contribution in [-0.2, 0) is 14.8 Å². The van der Waals surface area contributed by atoms with Crippen molar-refractivity contribution in [1.29, 1.82) is 0 Å². The van der Waals surface area contributed by atoms with E-state index in [1.807, 2.05) is 15.4 Å². The number of nitrogens with one attached hydrogen (secondary N) is 1. The van der Waals surface area contributed by atoms with Crippen molar-refractivity contribution in [3.8, 4) is 11.4 Å². The fraction of sp³-hybridized carbons (Fsp3) is 0.353. The molecule has 0 aromatic carbocycles. The molecule has 4 heterocycles. The second-order valence-corrected chi connectivity index (χ2v) is 8.81. The summed E-state index contributed by atoms with van der Waals surface area (Å²) in [6.45, 7) is 1.85. The van der Waals surface area contributed by atoms with E-state index in [1.54, 1.807) is 30.9 Å². The number of morpholine rings is 1. The zero-order chi connectivity index (χ0) is 19.7. The zero-order valence-corrected chi connectivity index (χ0v) is 16.7. The van der Waals surface area contributed by atoms with Crippen molar-refractivity contribution in [2.75, 3.05) is 37.4 Å². The maximum absolute atomic E-state index is 11.3. The van der Waals surface area contributed by atoms with Crippen molar-refractivity contribution in [3.63, 3.8) is 0 Å². The molecule has 148 valence electrons. The van der Waals surface area contributed by atoms with E-state index in [9.17, 15) is 8.42 Å². The van der Waals surface area contributed by atoms with Gasteiger partial charge >= 0.3 is 0 Å². The Morgan fingerprint density at radius 3 is 3.00 bits per heavy atom. The summed E-state index contributed by atoms with van der Waals surface area (Å²) >= 11 is 6.11. The van der Waals surface area contributed by atoms with Crippen molar-refractivity contribution in [3.05, 3.63) is 41.9 Å². The van der Waals surface area contributed by atoms with Gasteiger partial charge in [-0.1, -0.05) is 11.6 Å². The van der Waals surface area contributed by atoms with Crippen LogP contribution in [0.5, 0.6) is 0 Å². The molecule has 0 aliphatic carbocycles. The van der Waals surface area contributed by atoms with Crippen LogP contribution in [0.3, 0.4) is 0 Å². The topological polar surface area (TPSA) is 102 Å². The van der Waals surface area contributed by atoms with Crippen molar-refractivity contribution in [2.24, 2.45) is 0 Å². The van der Waals surface area contributed by atoms with Gasteiger partial charge in [0.05, 0.1) is 48.3 Å². The summed E-state index contributed by atoms with van der Waals surface area (Å²) in [4.78, 5) is 15.5. The van der Waals surface area contributed by atoms with E-state index in [0.717, 1.165) is 17.6 Å². The lowest BCUT2D eigenvalue weighted by atomic mass is 10.2. The molecule has 0 saturated carbocycles. The molecule has 1 fully saturated rings. The first-order chi connectivity index (χ1) is 13.4. The van der Waals surface area contributed by atoms with Gasteiger partial charge in [-0.25, -0.2) is 23.1 Å². The van der Waals surface area contributed by atoms with Crippen molar-refractivity contribution in [1.82, 2.24) is 24.1 Å². The molecule has 4 rings (SSSR count). The molecule has 1 N–H and O–H groups in total. The Morgan fingerprint density at radius 2 is 2.18 bits per heavy atom. The number of fused-ring (bicyclic) bond motifs is 1. The predicted molar refractivity (Wildman–Crippen MR) is 106 cm³/mol.